The van der Waals surface area contributed by atoms with Crippen molar-refractivity contribution in [1.82, 2.24) is 25.0 Å². The van der Waals surface area contributed by atoms with Gasteiger partial charge in [0.2, 0.25) is 21.9 Å². The van der Waals surface area contributed by atoms with E-state index in [1.807, 2.05) is 18.5 Å². The molecule has 0 radical (unpaired) electrons. The van der Waals surface area contributed by atoms with Crippen molar-refractivity contribution < 1.29 is 60.3 Å². The molecule has 1 unspecified atom stereocenters. The lowest BCUT2D eigenvalue weighted by Gasteiger charge is -2.20. The van der Waals surface area contributed by atoms with Gasteiger partial charge in [-0.25, -0.2) is 13.1 Å². The zero-order chi connectivity index (χ0) is 45.2. The number of nitro groups is 1. The van der Waals surface area contributed by atoms with Crippen molar-refractivity contribution in [1.29, 1.82) is 0 Å². The van der Waals surface area contributed by atoms with Gasteiger partial charge in [-0.1, -0.05) is 23.4 Å². The molecule has 3 rings (SSSR count). The molecule has 1 heterocycles. The first-order valence-electron chi connectivity index (χ1n) is 16.0. The number of amides is 1. The molecule has 0 saturated carbocycles. The summed E-state index contributed by atoms with van der Waals surface area (Å²) in [5.41, 5.74) is -2.40. The zero-order valence-corrected chi connectivity index (χ0v) is 36.7. The van der Waals surface area contributed by atoms with E-state index in [1.54, 1.807) is 4.72 Å². The van der Waals surface area contributed by atoms with Crippen molar-refractivity contribution in [3.63, 3.8) is 0 Å². The van der Waals surface area contributed by atoms with E-state index in [9.17, 15) is 50.8 Å². The van der Waals surface area contributed by atoms with E-state index >= 15 is 0 Å². The van der Waals surface area contributed by atoms with Crippen molar-refractivity contribution in [3.05, 3.63) is 62.7 Å². The highest BCUT2D eigenvalue weighted by Gasteiger charge is 2.31. The summed E-state index contributed by atoms with van der Waals surface area (Å²) in [5.74, 6) is -1.62. The van der Waals surface area contributed by atoms with E-state index in [0.29, 0.717) is 41.2 Å². The molecule has 0 aliphatic rings. The number of carbonyl (C=O) groups is 2. The van der Waals surface area contributed by atoms with Crippen LogP contribution >= 0.6 is 31.0 Å². The van der Waals surface area contributed by atoms with Crippen LogP contribution in [0.1, 0.15) is 43.6 Å². The number of carboxylic acid groups (broad SMARTS) is 1. The minimum Gasteiger partial charge on any atom is -0.778 e. The fraction of sp³-hybridized carbons (Fsp3) is 0.452. The van der Waals surface area contributed by atoms with Crippen LogP contribution in [0.15, 0.2) is 41.6 Å². The second kappa shape index (κ2) is 24.2. The summed E-state index contributed by atoms with van der Waals surface area (Å²) in [4.78, 5) is 62.8. The Balaban J connectivity index is 0.000000907. The first kappa shape index (κ1) is 54.0. The van der Waals surface area contributed by atoms with E-state index in [1.165, 1.54) is 11.8 Å². The first-order valence-corrected chi connectivity index (χ1v) is 23.7. The fourth-order valence-corrected chi connectivity index (χ4v) is 4.83. The van der Waals surface area contributed by atoms with Crippen molar-refractivity contribution >= 4 is 81.3 Å². The molecule has 0 spiro atoms. The number of ether oxygens (including phenoxy) is 1. The van der Waals surface area contributed by atoms with Gasteiger partial charge in [0.05, 0.1) is 53.4 Å². The summed E-state index contributed by atoms with van der Waals surface area (Å²) in [7, 11) is -7.71. The Bertz CT molecular complexity index is 2000. The fourth-order valence-electron chi connectivity index (χ4n) is 3.41. The van der Waals surface area contributed by atoms with Gasteiger partial charge in [0.1, 0.15) is 24.7 Å². The summed E-state index contributed by atoms with van der Waals surface area (Å²) in [6.07, 6.45) is 3.89. The Morgan fingerprint density at radius 2 is 1.64 bits per heavy atom. The molecule has 3 aromatic rings. The van der Waals surface area contributed by atoms with Crippen LogP contribution in [0, 0.1) is 10.1 Å². The minimum atomic E-state index is -4.62. The third kappa shape index (κ3) is 24.7. The number of carbonyl (C=O) groups excluding carboxylic acids is 1. The zero-order valence-electron chi connectivity index (χ0n) is 32.6. The molecule has 1 amide bonds. The average molecular weight is 925 g/mol. The standard InChI is InChI=1S/C15H10ClF3N2O6S.C10H19N5S.C3H8NO5P.C3H9S/c1-28(25,26)20-14(22)10-7-9(3-4-12(10)21(23)24)27-13-5-2-8(6-11(13)16)15(17,18)19;1-6-11-7-12-8(15-10(2,3)4)14-9(13-7)16-5;5-3(6)1-4-2-10(7,8)9;1-4(2)3/h2-7H,1H3,(H,20,22);6H2,1-5H3,(H2,11,12,13,14,15);4H,1-2H2,(H,5,6)(H2,7,8,9);1-3H3/q;;;+1/p-1. The molecule has 2 aromatic carbocycles. The van der Waals surface area contributed by atoms with Crippen LogP contribution in [-0.2, 0) is 36.5 Å². The van der Waals surface area contributed by atoms with Gasteiger partial charge in [-0.05, 0) is 69.1 Å². The van der Waals surface area contributed by atoms with Gasteiger partial charge in [0, 0.05) is 24.2 Å². The number of carboxylic acids is 1. The van der Waals surface area contributed by atoms with Gasteiger partial charge in [0.15, 0.2) is 5.16 Å². The number of halogens is 4. The lowest BCUT2D eigenvalue weighted by atomic mass is 10.1. The molecule has 0 aliphatic heterocycles. The van der Waals surface area contributed by atoms with E-state index in [4.69, 9.17) is 26.3 Å². The number of aromatic nitrogens is 3. The predicted octanol–water partition coefficient (Wildman–Crippen LogP) is 4.64. The summed E-state index contributed by atoms with van der Waals surface area (Å²) >= 11 is 7.27. The molecule has 58 heavy (non-hydrogen) atoms. The number of anilines is 2. The highest BCUT2D eigenvalue weighted by Crippen LogP contribution is 2.37. The number of thioether (sulfide) groups is 1. The van der Waals surface area contributed by atoms with Crippen LogP contribution in [0.5, 0.6) is 11.5 Å². The van der Waals surface area contributed by atoms with Crippen LogP contribution < -0.4 is 30.3 Å². The molecular formula is C31H45ClF3N8O11PS3. The van der Waals surface area contributed by atoms with Crippen LogP contribution in [0.4, 0.5) is 30.8 Å². The van der Waals surface area contributed by atoms with Gasteiger partial charge in [-0.2, -0.15) is 28.1 Å². The Labute approximate surface area is 345 Å². The number of rotatable bonds is 13. The average Bonchev–Trinajstić information content (AvgIpc) is 3.03. The van der Waals surface area contributed by atoms with Crippen molar-refractivity contribution in [2.24, 2.45) is 0 Å². The van der Waals surface area contributed by atoms with Crippen LogP contribution in [-0.4, -0.2) is 106 Å². The molecule has 1 atom stereocenters. The molecule has 1 aromatic heterocycles. The number of benzene rings is 2. The van der Waals surface area contributed by atoms with E-state index in [2.05, 4.69) is 65.1 Å². The number of sulfonamides is 1. The van der Waals surface area contributed by atoms with Crippen LogP contribution in [0.2, 0.25) is 5.02 Å². The molecule has 6 N–H and O–H groups in total. The van der Waals surface area contributed by atoms with E-state index in [-0.39, 0.29) is 17.0 Å². The largest absolute Gasteiger partial charge is 0.778 e. The summed E-state index contributed by atoms with van der Waals surface area (Å²) in [6.45, 7) is 8.55. The molecule has 27 heteroatoms. The van der Waals surface area contributed by atoms with Gasteiger partial charge in [0.25, 0.3) is 11.6 Å². The van der Waals surface area contributed by atoms with Gasteiger partial charge in [-0.15, -0.1) is 0 Å². The highest BCUT2D eigenvalue weighted by molar-refractivity contribution is 7.98. The third-order valence-electron chi connectivity index (χ3n) is 5.38. The second-order valence-electron chi connectivity index (χ2n) is 12.6. The summed E-state index contributed by atoms with van der Waals surface area (Å²) in [6, 6.07) is 5.09. The molecular weight excluding hydrogens is 880 g/mol. The third-order valence-corrected chi connectivity index (χ3v) is 7.40. The molecule has 0 saturated heterocycles. The van der Waals surface area contributed by atoms with Gasteiger partial charge in [-0.3, -0.25) is 25.0 Å². The van der Waals surface area contributed by atoms with Crippen LogP contribution in [0.3, 0.4) is 0 Å². The monoisotopic (exact) mass is 924 g/mol. The Kier molecular flexibility index (Phi) is 22.5. The van der Waals surface area contributed by atoms with Gasteiger partial charge < -0.3 is 34.8 Å². The Morgan fingerprint density at radius 1 is 1.07 bits per heavy atom. The summed E-state index contributed by atoms with van der Waals surface area (Å²) in [5, 5.41) is 27.7. The normalized spacial score (nSPS) is 12.2. The maximum Gasteiger partial charge on any atom is 0.416 e. The number of hydrogen-bond acceptors (Lipinski definition) is 16. The van der Waals surface area contributed by atoms with Crippen LogP contribution in [0.25, 0.3) is 0 Å². The first-order chi connectivity index (χ1) is 26.4. The van der Waals surface area contributed by atoms with E-state index in [0.717, 1.165) is 36.0 Å². The highest BCUT2D eigenvalue weighted by atomic mass is 35.5. The SMILES string of the molecule is CCNc1nc(NC(C)(C)C)nc(SC)n1.CS(=O)(=O)NC(=O)c1cc(Oc2ccc(C(F)(F)F)cc2Cl)ccc1[N+](=O)[O-].C[S+](C)C.O=C(O)CNCP(=O)([O-])O. The van der Waals surface area contributed by atoms with Gasteiger partial charge >= 0.3 is 12.1 Å². The number of nitrogens with one attached hydrogen (secondary N) is 4. The van der Waals surface area contributed by atoms with E-state index < -0.39 is 75.3 Å². The molecule has 0 bridgehead atoms. The maximum atomic E-state index is 12.7. The number of hydrogen-bond donors (Lipinski definition) is 6. The number of nitrogens with zero attached hydrogens (tertiary/aromatic N) is 4. The molecule has 326 valence electrons. The number of nitro benzene ring substituents is 1. The molecule has 0 aliphatic carbocycles. The maximum absolute atomic E-state index is 12.7. The predicted molar refractivity (Wildman–Crippen MR) is 217 cm³/mol. The minimum absolute atomic E-state index is 0.0550. The van der Waals surface area contributed by atoms with Crippen molar-refractivity contribution in [3.8, 4) is 11.5 Å². The summed E-state index contributed by atoms with van der Waals surface area (Å²) < 4.78 is 77.2. The Hall–Kier alpha value is -3.97. The molecule has 19 nitrogen and oxygen atoms in total. The van der Waals surface area contributed by atoms with Crippen molar-refractivity contribution in [2.75, 3.05) is 61.3 Å². The lowest BCUT2D eigenvalue weighted by Crippen LogP contribution is -2.29. The molecule has 0 fully saturated rings. The quantitative estimate of drug-likeness (QED) is 0.0447. The van der Waals surface area contributed by atoms with Crippen molar-refractivity contribution in [2.45, 2.75) is 44.6 Å². The topological polar surface area (TPSA) is 288 Å². The Morgan fingerprint density at radius 3 is 2.07 bits per heavy atom. The lowest BCUT2D eigenvalue weighted by molar-refractivity contribution is -0.385. The smallest absolute Gasteiger partial charge is 0.416 e. The number of alkyl halides is 3. The second-order valence-corrected chi connectivity index (χ2v) is 19.6. The number of aliphatic carboxylic acids is 1.